The number of aryl methyl sites for hydroxylation is 3. The van der Waals surface area contributed by atoms with Crippen molar-refractivity contribution in [2.75, 3.05) is 112 Å². The zero-order chi connectivity index (χ0) is 87.2. The molecule has 6 atom stereocenters. The van der Waals surface area contributed by atoms with Gasteiger partial charge in [-0.25, -0.2) is 0 Å². The van der Waals surface area contributed by atoms with E-state index in [9.17, 15) is 14.4 Å². The van der Waals surface area contributed by atoms with Crippen molar-refractivity contribution in [1.82, 2.24) is 44.4 Å². The normalized spacial score (nSPS) is 21.7. The van der Waals surface area contributed by atoms with E-state index in [0.29, 0.717) is 55.9 Å². The molecule has 0 bridgehead atoms. The summed E-state index contributed by atoms with van der Waals surface area (Å²) < 4.78 is 23.6. The fourth-order valence-corrected chi connectivity index (χ4v) is 24.1. The van der Waals surface area contributed by atoms with Crippen LogP contribution in [0.1, 0.15) is 100 Å². The van der Waals surface area contributed by atoms with Crippen LogP contribution in [0.15, 0.2) is 247 Å². The molecule has 7 aliphatic rings. The molecule has 6 unspecified atom stereocenters. The smallest absolute Gasteiger partial charge is 0.242 e. The van der Waals surface area contributed by atoms with Crippen LogP contribution in [-0.4, -0.2) is 194 Å². The summed E-state index contributed by atoms with van der Waals surface area (Å²) in [5, 5.41) is 5.40. The van der Waals surface area contributed by atoms with Gasteiger partial charge in [0.25, 0.3) is 0 Å². The first-order valence-electron chi connectivity index (χ1n) is 42.7. The second kappa shape index (κ2) is 43.4. The van der Waals surface area contributed by atoms with Gasteiger partial charge in [0.15, 0.2) is 0 Å². The maximum absolute atomic E-state index is 14.7. The molecule has 19 rings (SSSR count). The fraction of sp³-hybridized carbons (Fsp3) is 0.357. The average molecular weight is 2010 g/mol. The number of thioether (sulfide) groups is 3. The zero-order valence-electron chi connectivity index (χ0n) is 70.7. The van der Waals surface area contributed by atoms with Gasteiger partial charge in [0, 0.05) is 204 Å². The zero-order valence-corrected chi connectivity index (χ0v) is 81.0. The number of carbonyl (C=O) groups is 3. The minimum atomic E-state index is -1.08. The van der Waals surface area contributed by atoms with Gasteiger partial charge in [-0.15, -0.1) is 35.3 Å². The first kappa shape index (κ1) is 93.1. The molecule has 3 N–H and O–H groups in total. The molecule has 10 heterocycles. The topological polar surface area (TPSA) is 155 Å². The van der Waals surface area contributed by atoms with Crippen LogP contribution >= 0.6 is 130 Å². The van der Waals surface area contributed by atoms with E-state index >= 15 is 0 Å². The number of fused-ring (bicyclic) bond motifs is 3. The van der Waals surface area contributed by atoms with E-state index in [2.05, 4.69) is 229 Å². The summed E-state index contributed by atoms with van der Waals surface area (Å²) in [5.74, 6) is 0.109. The summed E-state index contributed by atoms with van der Waals surface area (Å²) in [6, 6.07) is 68.5. The van der Waals surface area contributed by atoms with E-state index in [4.69, 9.17) is 53.8 Å². The molecule has 16 nitrogen and oxygen atoms in total. The van der Waals surface area contributed by atoms with Gasteiger partial charge in [-0.2, -0.15) is 0 Å². The van der Waals surface area contributed by atoms with Gasteiger partial charge in [-0.05, 0) is 171 Å². The summed E-state index contributed by atoms with van der Waals surface area (Å²) >= 11 is 39.4. The maximum atomic E-state index is 14.7. The molecule has 27 heteroatoms. The number of likely N-dealkylation sites (tertiary alicyclic amines) is 3. The molecule has 12 aromatic rings. The number of aromatic amines is 3. The Labute approximate surface area is 792 Å². The Morgan fingerprint density at radius 2 is 0.792 bits per heavy atom. The quantitative estimate of drug-likeness (QED) is 0.0620. The standard InChI is InChI=1S/C31H29BrClN3O3S.C31H31BrClN3O2S.C31H33BrClN3OS.C4H8O.CH3BS/c1-20-2-9-24(10-3-20)40-31(30(38)35-12-14-39-15-13-35)17-28(37)36(19-21-4-6-22(32)7-5-21)29(31)26-18-34-27-16-23(33)8-11-25(26)27;1-21-2-9-25(10-3-21)39-31(20-35-12-14-38-15-13-35)17-29(37)36(19-22-4-6-23(32)7-5-22)30(31)27-18-34-28-16-24(33)8-11-26(27)28;1-22-2-9-26(10-3-22)38-31(21-35-14-16-37-17-15-35)12-13-36(20-23-4-6-24(32)7-5-23)30(31)28-19-34-29-18-25(33)8-11-27(28)29;1-2-4-5-3-1;1-2-3/h2-11,16,18,29,34H,12-15,17,19H2,1H3;2-11,16,18,30,34H,12-15,17,19-20H2,1H3;2-11,18-19,30,34H,12-17,20-21H2,1H3;1-4H2;1H3. The minimum Gasteiger partial charge on any atom is -0.379 e. The van der Waals surface area contributed by atoms with Crippen molar-refractivity contribution in [3.05, 3.63) is 297 Å². The predicted octanol–water partition coefficient (Wildman–Crippen LogP) is 23.3. The average Bonchev–Trinajstić information content (AvgIpc) is 1.58. The number of amides is 3. The molecule has 3 amide bonds. The van der Waals surface area contributed by atoms with E-state index in [-0.39, 0.29) is 41.0 Å². The molecule has 125 heavy (non-hydrogen) atoms. The van der Waals surface area contributed by atoms with Gasteiger partial charge in [0.05, 0.1) is 73.7 Å². The number of nitrogens with one attached hydrogen (secondary N) is 3. The van der Waals surface area contributed by atoms with Gasteiger partial charge in [0.2, 0.25) is 17.7 Å². The van der Waals surface area contributed by atoms with Crippen LogP contribution in [0.3, 0.4) is 0 Å². The number of hydrogen-bond acceptors (Lipinski definition) is 14. The molecule has 3 aromatic heterocycles. The van der Waals surface area contributed by atoms with Crippen molar-refractivity contribution in [2.24, 2.45) is 0 Å². The molecule has 7 fully saturated rings. The van der Waals surface area contributed by atoms with Crippen LogP contribution in [0.25, 0.3) is 32.7 Å². The molecular formula is C98H104BBr3Cl3N9O7S4. The fourth-order valence-electron chi connectivity index (χ4n) is 18.2. The Kier molecular flexibility index (Phi) is 32.3. The monoisotopic (exact) mass is 2000 g/mol. The Balaban J connectivity index is 0.000000138. The molecule has 0 spiro atoms. The van der Waals surface area contributed by atoms with E-state index in [0.717, 1.165) is 177 Å². The van der Waals surface area contributed by atoms with Crippen LogP contribution in [-0.2, 0) is 53.0 Å². The Morgan fingerprint density at radius 1 is 0.440 bits per heavy atom. The number of carbonyl (C=O) groups excluding carboxylic acids is 3. The molecular weight excluding hydrogens is 1900 g/mol. The molecule has 7 aliphatic heterocycles. The first-order chi connectivity index (χ1) is 60.6. The largest absolute Gasteiger partial charge is 0.379 e. The van der Waals surface area contributed by atoms with Gasteiger partial charge in [-0.3, -0.25) is 29.1 Å². The van der Waals surface area contributed by atoms with Gasteiger partial charge in [0.1, 0.15) is 4.75 Å². The van der Waals surface area contributed by atoms with Crippen molar-refractivity contribution < 1.29 is 33.3 Å². The van der Waals surface area contributed by atoms with Crippen molar-refractivity contribution >= 4 is 187 Å². The van der Waals surface area contributed by atoms with Gasteiger partial charge in [-0.1, -0.05) is 190 Å². The Bertz CT molecular complexity index is 5640. The number of nitrogens with zero attached hydrogens (tertiary/aromatic N) is 6. The number of rotatable bonds is 20. The Morgan fingerprint density at radius 3 is 1.21 bits per heavy atom. The molecule has 9 aromatic carbocycles. The third-order valence-corrected chi connectivity index (χ3v) is 30.8. The van der Waals surface area contributed by atoms with Crippen LogP contribution < -0.4 is 0 Å². The molecule has 7 saturated heterocycles. The summed E-state index contributed by atoms with van der Waals surface area (Å²) in [7, 11) is 0. The Hall–Kier alpha value is -6.63. The maximum Gasteiger partial charge on any atom is 0.242 e. The van der Waals surface area contributed by atoms with E-state index < -0.39 is 15.5 Å². The number of ether oxygens (including phenoxy) is 4. The molecule has 0 radical (unpaired) electrons. The molecule has 652 valence electrons. The van der Waals surface area contributed by atoms with Crippen LogP contribution in [0.2, 0.25) is 21.9 Å². The van der Waals surface area contributed by atoms with Crippen LogP contribution in [0.4, 0.5) is 0 Å². The third-order valence-electron chi connectivity index (χ3n) is 24.2. The van der Waals surface area contributed by atoms with Crippen molar-refractivity contribution in [2.45, 2.75) is 126 Å². The summed E-state index contributed by atoms with van der Waals surface area (Å²) in [6.07, 6.45) is 12.1. The predicted molar refractivity (Wildman–Crippen MR) is 526 cm³/mol. The van der Waals surface area contributed by atoms with Crippen molar-refractivity contribution in [3.8, 4) is 0 Å². The summed E-state index contributed by atoms with van der Waals surface area (Å²) in [5.41, 5.74) is 13.5. The van der Waals surface area contributed by atoms with Crippen LogP contribution in [0, 0.1) is 20.8 Å². The van der Waals surface area contributed by atoms with Gasteiger partial charge >= 0.3 is 25.0 Å². The number of halogens is 6. The number of morpholine rings is 3. The second-order valence-electron chi connectivity index (χ2n) is 33.0. The van der Waals surface area contributed by atoms with E-state index in [1.807, 2.05) is 145 Å². The summed E-state index contributed by atoms with van der Waals surface area (Å²) in [4.78, 5) is 70.3. The van der Waals surface area contributed by atoms with Crippen molar-refractivity contribution in [3.63, 3.8) is 0 Å². The number of hydrogen-bond donors (Lipinski definition) is 3. The van der Waals surface area contributed by atoms with Crippen LogP contribution in [0.5, 0.6) is 0 Å². The van der Waals surface area contributed by atoms with E-state index in [1.165, 1.54) is 62.0 Å². The molecule has 0 saturated carbocycles. The number of aromatic nitrogens is 3. The third kappa shape index (κ3) is 22.9. The van der Waals surface area contributed by atoms with E-state index in [1.54, 1.807) is 6.15 Å². The SMILES string of the molecule is C1CCOC1.CB=S.Cc1ccc(SC2(C(=O)N3CCOCC3)CC(=O)N(Cc3ccc(Br)cc3)C2c2c[nH]c3cc(Cl)ccc23)cc1.Cc1ccc(SC2(CN3CCOCC3)CC(=O)N(Cc3ccc(Br)cc3)C2c2c[nH]c3cc(Cl)ccc23)cc1.Cc1ccc(SC2(CN3CCOCC3)CCN(Cc3ccc(Br)cc3)C2c2c[nH]c3cc(Cl)ccc23)cc1. The second-order valence-corrected chi connectivity index (χ2v) is 41.9. The first-order valence-corrected chi connectivity index (χ1v) is 49.2. The number of H-pyrrole nitrogens is 3. The summed E-state index contributed by atoms with van der Waals surface area (Å²) in [6.45, 7) is 23.6. The minimum absolute atomic E-state index is 0.0171. The van der Waals surface area contributed by atoms with Crippen molar-refractivity contribution in [1.29, 1.82) is 0 Å². The van der Waals surface area contributed by atoms with Gasteiger partial charge < -0.3 is 48.6 Å². The molecule has 0 aliphatic carbocycles. The number of benzene rings is 9.